The first-order valence-electron chi connectivity index (χ1n) is 5.77. The van der Waals surface area contributed by atoms with E-state index in [4.69, 9.17) is 4.74 Å². The van der Waals surface area contributed by atoms with Crippen molar-refractivity contribution >= 4 is 0 Å². The Hall–Kier alpha value is -1.54. The molecule has 1 aromatic heterocycles. The number of H-pyrrole nitrogens is 1. The molecule has 0 aliphatic carbocycles. The van der Waals surface area contributed by atoms with Gasteiger partial charge < -0.3 is 9.84 Å². The molecule has 6 nitrogen and oxygen atoms in total. The monoisotopic (exact) mass is 276 g/mol. The lowest BCUT2D eigenvalue weighted by Crippen LogP contribution is -2.45. The van der Waals surface area contributed by atoms with Crippen molar-refractivity contribution in [3.05, 3.63) is 33.1 Å². The Bertz CT molecular complexity index is 597. The van der Waals surface area contributed by atoms with E-state index in [2.05, 4.69) is 0 Å². The maximum absolute atomic E-state index is 14.5. The first-order valence-corrected chi connectivity index (χ1v) is 5.77. The summed E-state index contributed by atoms with van der Waals surface area (Å²) >= 11 is 0. The van der Waals surface area contributed by atoms with E-state index >= 15 is 0 Å². The van der Waals surface area contributed by atoms with Crippen LogP contribution in [0, 0.1) is 0 Å². The normalized spacial score (nSPS) is 38.6. The van der Waals surface area contributed by atoms with Crippen LogP contribution in [0.5, 0.6) is 0 Å². The number of alkyl halides is 2. The van der Waals surface area contributed by atoms with Crippen molar-refractivity contribution in [2.45, 2.75) is 44.1 Å². The summed E-state index contributed by atoms with van der Waals surface area (Å²) in [6, 6.07) is 0.984. The van der Waals surface area contributed by atoms with Crippen LogP contribution in [0.2, 0.25) is 0 Å². The average molecular weight is 276 g/mol. The Labute approximate surface area is 106 Å². The molecule has 1 fully saturated rings. The van der Waals surface area contributed by atoms with Crippen LogP contribution in [0.3, 0.4) is 0 Å². The number of ether oxygens (including phenoxy) is 1. The molecule has 2 heterocycles. The molecule has 8 heteroatoms. The SMILES string of the molecule is CCC1(F)OC(n2ccc(=O)[nH]c2=O)C(C)(F)C1O. The number of rotatable bonds is 2. The molecular formula is C11H14F2N2O4. The van der Waals surface area contributed by atoms with Crippen molar-refractivity contribution in [2.24, 2.45) is 0 Å². The van der Waals surface area contributed by atoms with E-state index in [0.29, 0.717) is 4.57 Å². The summed E-state index contributed by atoms with van der Waals surface area (Å²) in [5.74, 6) is -2.58. The highest BCUT2D eigenvalue weighted by Gasteiger charge is 2.63. The van der Waals surface area contributed by atoms with Gasteiger partial charge in [-0.25, -0.2) is 13.6 Å². The fourth-order valence-electron chi connectivity index (χ4n) is 2.14. The van der Waals surface area contributed by atoms with Crippen LogP contribution in [0.25, 0.3) is 0 Å². The van der Waals surface area contributed by atoms with Crippen molar-refractivity contribution in [1.29, 1.82) is 0 Å². The standard InChI is InChI=1S/C11H14F2N2O4/c1-3-11(13)7(17)10(2,12)8(19-11)15-5-4-6(16)14-9(15)18/h4-5,7-8,17H,3H2,1-2H3,(H,14,16,18). The summed E-state index contributed by atoms with van der Waals surface area (Å²) in [7, 11) is 0. The highest BCUT2D eigenvalue weighted by atomic mass is 19.2. The van der Waals surface area contributed by atoms with Gasteiger partial charge in [0.05, 0.1) is 0 Å². The third-order valence-corrected chi connectivity index (χ3v) is 3.32. The smallest absolute Gasteiger partial charge is 0.330 e. The molecule has 0 saturated carbocycles. The van der Waals surface area contributed by atoms with E-state index in [1.54, 1.807) is 0 Å². The number of aliphatic hydroxyl groups is 1. The molecule has 4 unspecified atom stereocenters. The number of aliphatic hydroxyl groups excluding tert-OH is 1. The largest absolute Gasteiger partial charge is 0.384 e. The fraction of sp³-hybridized carbons (Fsp3) is 0.636. The zero-order chi connectivity index (χ0) is 14.4. The second kappa shape index (κ2) is 4.24. The van der Waals surface area contributed by atoms with Gasteiger partial charge in [0.1, 0.15) is 0 Å². The highest BCUT2D eigenvalue weighted by Crippen LogP contribution is 2.48. The van der Waals surface area contributed by atoms with E-state index < -0.39 is 35.1 Å². The van der Waals surface area contributed by atoms with Gasteiger partial charge in [0.25, 0.3) is 5.56 Å². The van der Waals surface area contributed by atoms with Crippen LogP contribution in [-0.2, 0) is 4.74 Å². The molecule has 0 bridgehead atoms. The zero-order valence-electron chi connectivity index (χ0n) is 10.4. The fourth-order valence-corrected chi connectivity index (χ4v) is 2.14. The van der Waals surface area contributed by atoms with Gasteiger partial charge in [0, 0.05) is 18.7 Å². The van der Waals surface area contributed by atoms with E-state index in [1.165, 1.54) is 6.92 Å². The number of nitrogens with zero attached hydrogens (tertiary/aromatic N) is 1. The van der Waals surface area contributed by atoms with E-state index in [9.17, 15) is 23.5 Å². The number of aromatic nitrogens is 2. The summed E-state index contributed by atoms with van der Waals surface area (Å²) in [5.41, 5.74) is -4.11. The third kappa shape index (κ3) is 2.00. The number of hydrogen-bond donors (Lipinski definition) is 2. The molecule has 0 amide bonds. The highest BCUT2D eigenvalue weighted by molar-refractivity contribution is 5.04. The molecule has 0 radical (unpaired) electrons. The summed E-state index contributed by atoms with van der Waals surface area (Å²) in [6.45, 7) is 2.33. The maximum Gasteiger partial charge on any atom is 0.330 e. The first kappa shape index (κ1) is 13.9. The predicted octanol–water partition coefficient (Wildman–Crippen LogP) is 0.230. The molecule has 0 aromatic carbocycles. The number of nitrogens with one attached hydrogen (secondary N) is 1. The molecule has 4 atom stereocenters. The van der Waals surface area contributed by atoms with Crippen LogP contribution in [0.15, 0.2) is 21.9 Å². The van der Waals surface area contributed by atoms with Gasteiger partial charge in [-0.1, -0.05) is 6.92 Å². The van der Waals surface area contributed by atoms with Gasteiger partial charge in [0.15, 0.2) is 18.0 Å². The summed E-state index contributed by atoms with van der Waals surface area (Å²) in [6.07, 6.45) is -2.97. The van der Waals surface area contributed by atoms with Gasteiger partial charge in [-0.15, -0.1) is 0 Å². The second-order valence-corrected chi connectivity index (χ2v) is 4.68. The van der Waals surface area contributed by atoms with Crippen LogP contribution in [-0.4, -0.2) is 32.3 Å². The molecule has 2 rings (SSSR count). The molecule has 0 spiro atoms. The Balaban J connectivity index is 2.51. The quantitative estimate of drug-likeness (QED) is 0.810. The van der Waals surface area contributed by atoms with Crippen molar-refractivity contribution in [1.82, 2.24) is 9.55 Å². The van der Waals surface area contributed by atoms with Gasteiger partial charge >= 0.3 is 5.69 Å². The number of hydrogen-bond acceptors (Lipinski definition) is 4. The Morgan fingerprint density at radius 3 is 2.63 bits per heavy atom. The van der Waals surface area contributed by atoms with Gasteiger partial charge in [-0.2, -0.15) is 0 Å². The molecule has 1 aromatic rings. The third-order valence-electron chi connectivity index (χ3n) is 3.32. The first-order chi connectivity index (χ1) is 8.72. The van der Waals surface area contributed by atoms with E-state index in [1.807, 2.05) is 4.98 Å². The minimum absolute atomic E-state index is 0.276. The van der Waals surface area contributed by atoms with E-state index in [-0.39, 0.29) is 6.42 Å². The Morgan fingerprint density at radius 2 is 2.16 bits per heavy atom. The Kier molecular flexibility index (Phi) is 3.10. The minimum atomic E-state index is -2.58. The van der Waals surface area contributed by atoms with Crippen LogP contribution >= 0.6 is 0 Å². The van der Waals surface area contributed by atoms with E-state index in [0.717, 1.165) is 19.2 Å². The topological polar surface area (TPSA) is 84.3 Å². The molecule has 1 aliphatic heterocycles. The predicted molar refractivity (Wildman–Crippen MR) is 61.1 cm³/mol. The van der Waals surface area contributed by atoms with Crippen LogP contribution < -0.4 is 11.2 Å². The minimum Gasteiger partial charge on any atom is -0.384 e. The molecule has 2 N–H and O–H groups in total. The lowest BCUT2D eigenvalue weighted by molar-refractivity contribution is -0.188. The summed E-state index contributed by atoms with van der Waals surface area (Å²) in [4.78, 5) is 24.4. The van der Waals surface area contributed by atoms with Gasteiger partial charge in [-0.3, -0.25) is 14.3 Å². The molecule has 1 saturated heterocycles. The molecule has 106 valence electrons. The van der Waals surface area contributed by atoms with Crippen LogP contribution in [0.4, 0.5) is 8.78 Å². The van der Waals surface area contributed by atoms with Crippen molar-refractivity contribution in [3.63, 3.8) is 0 Å². The summed E-state index contributed by atoms with van der Waals surface area (Å²) < 4.78 is 34.2. The van der Waals surface area contributed by atoms with Gasteiger partial charge in [0.2, 0.25) is 5.85 Å². The molecule has 1 aliphatic rings. The summed E-state index contributed by atoms with van der Waals surface area (Å²) in [5, 5.41) is 9.69. The lowest BCUT2D eigenvalue weighted by Gasteiger charge is -2.24. The van der Waals surface area contributed by atoms with Crippen molar-refractivity contribution < 1.29 is 18.6 Å². The number of aromatic amines is 1. The van der Waals surface area contributed by atoms with Crippen LogP contribution in [0.1, 0.15) is 26.5 Å². The second-order valence-electron chi connectivity index (χ2n) is 4.68. The maximum atomic E-state index is 14.5. The molecular weight excluding hydrogens is 262 g/mol. The van der Waals surface area contributed by atoms with Crippen molar-refractivity contribution in [2.75, 3.05) is 0 Å². The molecule has 19 heavy (non-hydrogen) atoms. The van der Waals surface area contributed by atoms with Crippen molar-refractivity contribution in [3.8, 4) is 0 Å². The average Bonchev–Trinajstić information content (AvgIpc) is 2.51. The zero-order valence-corrected chi connectivity index (χ0v) is 10.4. The Morgan fingerprint density at radius 1 is 1.53 bits per heavy atom. The number of halogens is 2. The lowest BCUT2D eigenvalue weighted by atomic mass is 9.96. The van der Waals surface area contributed by atoms with Gasteiger partial charge in [-0.05, 0) is 6.92 Å².